The highest BCUT2D eigenvalue weighted by Crippen LogP contribution is 2.32. The Kier molecular flexibility index (Phi) is 5.56. The zero-order valence-electron chi connectivity index (χ0n) is 14.0. The molecule has 6 heteroatoms. The number of halogens is 2. The zero-order valence-corrected chi connectivity index (χ0v) is 14.7. The van der Waals surface area contributed by atoms with Crippen molar-refractivity contribution in [3.05, 3.63) is 58.9 Å². The van der Waals surface area contributed by atoms with E-state index in [1.165, 1.54) is 23.8 Å². The Morgan fingerprint density at radius 3 is 2.76 bits per heavy atom. The van der Waals surface area contributed by atoms with Gasteiger partial charge in [-0.25, -0.2) is 4.39 Å². The van der Waals surface area contributed by atoms with Gasteiger partial charge in [-0.1, -0.05) is 23.7 Å². The molecule has 1 N–H and O–H groups in total. The third-order valence-electron chi connectivity index (χ3n) is 4.42. The highest BCUT2D eigenvalue weighted by molar-refractivity contribution is 6.33. The van der Waals surface area contributed by atoms with Gasteiger partial charge in [0.2, 0.25) is 5.91 Å². The average Bonchev–Trinajstić information content (AvgIpc) is 3.05. The average molecular weight is 363 g/mol. The highest BCUT2D eigenvalue weighted by atomic mass is 35.5. The first-order valence-electron chi connectivity index (χ1n) is 8.19. The fraction of sp³-hybridized carbons (Fsp3) is 0.316. The fourth-order valence-electron chi connectivity index (χ4n) is 3.18. The quantitative estimate of drug-likeness (QED) is 0.863. The van der Waals surface area contributed by atoms with Crippen LogP contribution in [0.15, 0.2) is 42.5 Å². The molecule has 1 aliphatic rings. The summed E-state index contributed by atoms with van der Waals surface area (Å²) in [5.41, 5.74) is 1.60. The summed E-state index contributed by atoms with van der Waals surface area (Å²) in [6.45, 7) is 1.13. The van der Waals surface area contributed by atoms with Crippen LogP contribution in [-0.4, -0.2) is 31.0 Å². The van der Waals surface area contributed by atoms with E-state index in [9.17, 15) is 9.18 Å². The second kappa shape index (κ2) is 7.85. The van der Waals surface area contributed by atoms with Gasteiger partial charge >= 0.3 is 0 Å². The van der Waals surface area contributed by atoms with Gasteiger partial charge in [-0.3, -0.25) is 9.69 Å². The van der Waals surface area contributed by atoms with Crippen LogP contribution in [0, 0.1) is 5.82 Å². The minimum Gasteiger partial charge on any atom is -0.497 e. The second-order valence-electron chi connectivity index (χ2n) is 6.07. The van der Waals surface area contributed by atoms with Crippen LogP contribution in [0.1, 0.15) is 24.4 Å². The molecule has 2 aromatic carbocycles. The lowest BCUT2D eigenvalue weighted by atomic mass is 10.0. The van der Waals surface area contributed by atoms with Crippen molar-refractivity contribution in [2.24, 2.45) is 0 Å². The summed E-state index contributed by atoms with van der Waals surface area (Å²) >= 11 is 5.96. The van der Waals surface area contributed by atoms with Crippen LogP contribution in [0.5, 0.6) is 5.75 Å². The molecule has 2 aromatic rings. The van der Waals surface area contributed by atoms with Crippen LogP contribution in [0.4, 0.5) is 10.1 Å². The van der Waals surface area contributed by atoms with E-state index in [4.69, 9.17) is 16.3 Å². The van der Waals surface area contributed by atoms with Gasteiger partial charge in [0.1, 0.15) is 11.6 Å². The number of hydrogen-bond donors (Lipinski definition) is 1. The number of benzene rings is 2. The summed E-state index contributed by atoms with van der Waals surface area (Å²) < 4.78 is 18.3. The molecular weight excluding hydrogens is 343 g/mol. The molecule has 0 aliphatic carbocycles. The van der Waals surface area contributed by atoms with Gasteiger partial charge in [-0.05, 0) is 55.3 Å². The van der Waals surface area contributed by atoms with E-state index in [1.54, 1.807) is 7.11 Å². The number of carbonyl (C=O) groups excluding carboxylic acids is 1. The van der Waals surface area contributed by atoms with Crippen molar-refractivity contribution in [2.75, 3.05) is 25.5 Å². The molecule has 1 amide bonds. The lowest BCUT2D eigenvalue weighted by molar-refractivity contribution is -0.117. The predicted octanol–water partition coefficient (Wildman–Crippen LogP) is 4.26. The number of likely N-dealkylation sites (tertiary alicyclic amines) is 1. The van der Waals surface area contributed by atoms with E-state index in [0.29, 0.717) is 5.69 Å². The van der Waals surface area contributed by atoms with Crippen molar-refractivity contribution >= 4 is 23.2 Å². The Bertz CT molecular complexity index is 752. The molecule has 4 nitrogen and oxygen atoms in total. The van der Waals surface area contributed by atoms with Gasteiger partial charge in [0.25, 0.3) is 0 Å². The van der Waals surface area contributed by atoms with Crippen molar-refractivity contribution in [2.45, 2.75) is 18.9 Å². The number of ether oxygens (including phenoxy) is 1. The molecule has 3 rings (SSSR count). The molecule has 1 saturated heterocycles. The molecule has 0 radical (unpaired) electrons. The van der Waals surface area contributed by atoms with Crippen molar-refractivity contribution < 1.29 is 13.9 Å². The lowest BCUT2D eigenvalue weighted by Gasteiger charge is -2.24. The van der Waals surface area contributed by atoms with Gasteiger partial charge in [0, 0.05) is 6.04 Å². The van der Waals surface area contributed by atoms with Crippen LogP contribution in [-0.2, 0) is 4.79 Å². The normalized spacial score (nSPS) is 17.5. The standard InChI is InChI=1S/C19H20ClFN2O2/c1-25-15-7-4-13(5-8-15)18-3-2-10-23(18)12-19(24)22-17-9-6-14(21)11-16(17)20/h4-9,11,18H,2-3,10,12H2,1H3,(H,22,24)/t18-/m1/s1. The molecule has 1 atom stereocenters. The molecule has 132 valence electrons. The van der Waals surface area contributed by atoms with E-state index >= 15 is 0 Å². The Morgan fingerprint density at radius 2 is 2.08 bits per heavy atom. The number of nitrogens with zero attached hydrogens (tertiary/aromatic N) is 1. The second-order valence-corrected chi connectivity index (χ2v) is 6.48. The van der Waals surface area contributed by atoms with Crippen LogP contribution in [0.25, 0.3) is 0 Å². The van der Waals surface area contributed by atoms with Crippen molar-refractivity contribution in [1.29, 1.82) is 0 Å². The topological polar surface area (TPSA) is 41.6 Å². The van der Waals surface area contributed by atoms with Crippen LogP contribution in [0.2, 0.25) is 5.02 Å². The molecule has 25 heavy (non-hydrogen) atoms. The molecule has 1 heterocycles. The molecule has 0 saturated carbocycles. The monoisotopic (exact) mass is 362 g/mol. The van der Waals surface area contributed by atoms with Crippen LogP contribution in [0.3, 0.4) is 0 Å². The fourth-order valence-corrected chi connectivity index (χ4v) is 3.40. The zero-order chi connectivity index (χ0) is 17.8. The first-order chi connectivity index (χ1) is 12.1. The first kappa shape index (κ1) is 17.7. The Labute approximate surface area is 151 Å². The maximum atomic E-state index is 13.1. The third-order valence-corrected chi connectivity index (χ3v) is 4.73. The van der Waals surface area contributed by atoms with Crippen LogP contribution < -0.4 is 10.1 Å². The number of nitrogens with one attached hydrogen (secondary N) is 1. The largest absolute Gasteiger partial charge is 0.497 e. The molecule has 0 bridgehead atoms. The van der Waals surface area contributed by atoms with Crippen LogP contribution >= 0.6 is 11.6 Å². The third kappa shape index (κ3) is 4.30. The molecule has 0 unspecified atom stereocenters. The summed E-state index contributed by atoms with van der Waals surface area (Å²) in [6, 6.07) is 12.1. The number of carbonyl (C=O) groups is 1. The first-order valence-corrected chi connectivity index (χ1v) is 8.57. The van der Waals surface area contributed by atoms with Gasteiger partial charge < -0.3 is 10.1 Å². The summed E-state index contributed by atoms with van der Waals surface area (Å²) in [4.78, 5) is 14.5. The number of amides is 1. The number of methoxy groups -OCH3 is 1. The highest BCUT2D eigenvalue weighted by Gasteiger charge is 2.27. The number of anilines is 1. The van der Waals surface area contributed by atoms with Crippen molar-refractivity contribution in [1.82, 2.24) is 4.90 Å². The van der Waals surface area contributed by atoms with E-state index in [-0.39, 0.29) is 23.5 Å². The molecule has 0 aromatic heterocycles. The van der Waals surface area contributed by atoms with Crippen molar-refractivity contribution in [3.8, 4) is 5.75 Å². The number of hydrogen-bond acceptors (Lipinski definition) is 3. The Morgan fingerprint density at radius 1 is 1.32 bits per heavy atom. The van der Waals surface area contributed by atoms with E-state index in [2.05, 4.69) is 10.2 Å². The maximum Gasteiger partial charge on any atom is 0.238 e. The molecule has 0 spiro atoms. The Balaban J connectivity index is 1.65. The van der Waals surface area contributed by atoms with Gasteiger partial charge in [0.15, 0.2) is 0 Å². The molecule has 1 aliphatic heterocycles. The lowest BCUT2D eigenvalue weighted by Crippen LogP contribution is -2.33. The molecule has 1 fully saturated rings. The maximum absolute atomic E-state index is 13.1. The summed E-state index contributed by atoms with van der Waals surface area (Å²) in [6.07, 6.45) is 2.05. The summed E-state index contributed by atoms with van der Waals surface area (Å²) in [5.74, 6) is 0.230. The van der Waals surface area contributed by atoms with Gasteiger partial charge in [-0.2, -0.15) is 0 Å². The minimum atomic E-state index is -0.429. The number of rotatable bonds is 5. The smallest absolute Gasteiger partial charge is 0.238 e. The Hall–Kier alpha value is -2.11. The summed E-state index contributed by atoms with van der Waals surface area (Å²) in [5, 5.41) is 2.95. The predicted molar refractivity (Wildman–Crippen MR) is 96.6 cm³/mol. The van der Waals surface area contributed by atoms with Crippen molar-refractivity contribution in [3.63, 3.8) is 0 Å². The van der Waals surface area contributed by atoms with Gasteiger partial charge in [-0.15, -0.1) is 0 Å². The summed E-state index contributed by atoms with van der Waals surface area (Å²) in [7, 11) is 1.64. The van der Waals surface area contributed by atoms with E-state index in [0.717, 1.165) is 25.1 Å². The minimum absolute atomic E-state index is 0.158. The molecular formula is C19H20ClFN2O2. The van der Waals surface area contributed by atoms with Gasteiger partial charge in [0.05, 0.1) is 24.4 Å². The van der Waals surface area contributed by atoms with E-state index in [1.807, 2.05) is 24.3 Å². The SMILES string of the molecule is COc1ccc([C@H]2CCCN2CC(=O)Nc2ccc(F)cc2Cl)cc1. The van der Waals surface area contributed by atoms with E-state index < -0.39 is 5.82 Å².